The van der Waals surface area contributed by atoms with Gasteiger partial charge in [0.15, 0.2) is 5.78 Å². The van der Waals surface area contributed by atoms with Crippen molar-refractivity contribution in [2.45, 2.75) is 26.3 Å². The summed E-state index contributed by atoms with van der Waals surface area (Å²) in [5.41, 5.74) is 0.289. The van der Waals surface area contributed by atoms with E-state index in [1.165, 1.54) is 17.9 Å². The molecule has 2 heterocycles. The van der Waals surface area contributed by atoms with Gasteiger partial charge in [-0.15, -0.1) is 0 Å². The Morgan fingerprint density at radius 2 is 1.94 bits per heavy atom. The number of ketones is 1. The summed E-state index contributed by atoms with van der Waals surface area (Å²) in [6.07, 6.45) is -1.68. The van der Waals surface area contributed by atoms with Crippen LogP contribution in [0.25, 0.3) is 6.08 Å². The van der Waals surface area contributed by atoms with E-state index in [-0.39, 0.29) is 12.3 Å². The lowest BCUT2D eigenvalue weighted by Crippen LogP contribution is -2.08. The normalized spacial score (nSPS) is 11.8. The lowest BCUT2D eigenvalue weighted by Gasteiger charge is -2.12. The topological polar surface area (TPSA) is 61.9 Å². The summed E-state index contributed by atoms with van der Waals surface area (Å²) >= 11 is 5.72. The van der Waals surface area contributed by atoms with Crippen LogP contribution in [0, 0.1) is 6.92 Å². The maximum Gasteiger partial charge on any atom is 0.283 e. The van der Waals surface area contributed by atoms with E-state index in [0.29, 0.717) is 28.1 Å². The Balaban J connectivity index is 1.93. The quantitative estimate of drug-likeness (QED) is 0.251. The van der Waals surface area contributed by atoms with Crippen molar-refractivity contribution in [2.75, 3.05) is 7.11 Å². The van der Waals surface area contributed by atoms with Crippen molar-refractivity contribution < 1.29 is 27.1 Å². The molecule has 0 aliphatic rings. The second kappa shape index (κ2) is 9.56. The van der Waals surface area contributed by atoms with Crippen LogP contribution in [-0.2, 0) is 13.6 Å². The Morgan fingerprint density at radius 3 is 2.50 bits per heavy atom. The third-order valence-electron chi connectivity index (χ3n) is 4.70. The highest BCUT2D eigenvalue weighted by atomic mass is 35.5. The van der Waals surface area contributed by atoms with Gasteiger partial charge in [-0.2, -0.15) is 10.2 Å². The number of rotatable bonds is 8. The summed E-state index contributed by atoms with van der Waals surface area (Å²) in [4.78, 5) is 12.4. The van der Waals surface area contributed by atoms with Crippen LogP contribution >= 0.6 is 11.6 Å². The molecule has 170 valence electrons. The minimum Gasteiger partial charge on any atom is -0.496 e. The molecule has 11 heteroatoms. The number of carbonyl (C=O) groups excluding carboxylic acids is 1. The summed E-state index contributed by atoms with van der Waals surface area (Å²) in [6.45, 7) is 1.43. The van der Waals surface area contributed by atoms with Crippen molar-refractivity contribution in [3.8, 4) is 5.75 Å². The molecule has 0 spiro atoms. The number of benzene rings is 1. The van der Waals surface area contributed by atoms with Crippen molar-refractivity contribution in [2.24, 2.45) is 7.05 Å². The minimum atomic E-state index is -3.10. The van der Waals surface area contributed by atoms with Gasteiger partial charge in [0.2, 0.25) is 0 Å². The maximum absolute atomic E-state index is 13.5. The van der Waals surface area contributed by atoms with Crippen LogP contribution in [0.3, 0.4) is 0 Å². The van der Waals surface area contributed by atoms with Gasteiger partial charge in [-0.3, -0.25) is 14.2 Å². The van der Waals surface area contributed by atoms with E-state index in [4.69, 9.17) is 16.3 Å². The number of aryl methyl sites for hydroxylation is 2. The molecule has 0 atom stereocenters. The maximum atomic E-state index is 13.5. The first-order chi connectivity index (χ1) is 15.1. The van der Waals surface area contributed by atoms with E-state index >= 15 is 0 Å². The fourth-order valence-corrected chi connectivity index (χ4v) is 3.53. The SMILES string of the molecule is COc1ccc(/C=C/C(=O)c2cn(C)nc2C)cc1Cn1nc(C(F)F)c(Cl)c1C(F)F. The number of hydrogen-bond acceptors (Lipinski definition) is 4. The van der Waals surface area contributed by atoms with E-state index < -0.39 is 29.3 Å². The number of ether oxygens (including phenoxy) is 1. The molecule has 2 aromatic heterocycles. The van der Waals surface area contributed by atoms with Gasteiger partial charge in [-0.25, -0.2) is 17.6 Å². The van der Waals surface area contributed by atoms with E-state index in [9.17, 15) is 22.4 Å². The number of allylic oxidation sites excluding steroid dienone is 1. The molecule has 0 amide bonds. The van der Waals surface area contributed by atoms with Crippen LogP contribution in [0.2, 0.25) is 5.02 Å². The third kappa shape index (κ3) is 4.85. The Morgan fingerprint density at radius 1 is 1.22 bits per heavy atom. The van der Waals surface area contributed by atoms with Crippen molar-refractivity contribution in [3.05, 3.63) is 69.3 Å². The number of nitrogens with zero attached hydrogens (tertiary/aromatic N) is 4. The molecule has 3 aromatic rings. The summed E-state index contributed by atoms with van der Waals surface area (Å²) < 4.78 is 60.7. The van der Waals surface area contributed by atoms with Crippen molar-refractivity contribution >= 4 is 23.5 Å². The summed E-state index contributed by atoms with van der Waals surface area (Å²) in [7, 11) is 3.09. The van der Waals surface area contributed by atoms with Crippen LogP contribution in [0.4, 0.5) is 17.6 Å². The second-order valence-electron chi connectivity index (χ2n) is 6.91. The number of halogens is 5. The van der Waals surface area contributed by atoms with Gasteiger partial charge in [0.25, 0.3) is 12.9 Å². The van der Waals surface area contributed by atoms with Crippen molar-refractivity contribution in [1.82, 2.24) is 19.6 Å². The van der Waals surface area contributed by atoms with Crippen LogP contribution < -0.4 is 4.74 Å². The van der Waals surface area contributed by atoms with E-state index in [1.807, 2.05) is 0 Å². The molecule has 0 N–H and O–H groups in total. The van der Waals surface area contributed by atoms with Crippen LogP contribution in [0.1, 0.15) is 51.4 Å². The zero-order valence-electron chi connectivity index (χ0n) is 17.3. The lowest BCUT2D eigenvalue weighted by molar-refractivity contribution is 0.104. The Labute approximate surface area is 186 Å². The molecule has 0 bridgehead atoms. The lowest BCUT2D eigenvalue weighted by atomic mass is 10.1. The summed E-state index contributed by atoms with van der Waals surface area (Å²) in [6, 6.07) is 4.83. The van der Waals surface area contributed by atoms with Gasteiger partial charge in [-0.05, 0) is 30.7 Å². The smallest absolute Gasteiger partial charge is 0.283 e. The molecule has 0 aliphatic heterocycles. The number of alkyl halides is 4. The van der Waals surface area contributed by atoms with Crippen molar-refractivity contribution in [3.63, 3.8) is 0 Å². The molecule has 0 saturated carbocycles. The number of aromatic nitrogens is 4. The molecule has 0 saturated heterocycles. The Hall–Kier alpha value is -3.14. The highest BCUT2D eigenvalue weighted by Crippen LogP contribution is 2.35. The molecule has 3 rings (SSSR count). The Bertz CT molecular complexity index is 1170. The van der Waals surface area contributed by atoms with Crippen LogP contribution in [0.15, 0.2) is 30.5 Å². The summed E-state index contributed by atoms with van der Waals surface area (Å²) in [5, 5.41) is 6.94. The Kier molecular flexibility index (Phi) is 7.02. The first-order valence-corrected chi connectivity index (χ1v) is 9.72. The average Bonchev–Trinajstić information content (AvgIpc) is 3.24. The zero-order chi connectivity index (χ0) is 23.6. The zero-order valence-corrected chi connectivity index (χ0v) is 18.1. The average molecular weight is 471 g/mol. The molecule has 0 radical (unpaired) electrons. The van der Waals surface area contributed by atoms with Gasteiger partial charge in [0.1, 0.15) is 17.1 Å². The van der Waals surface area contributed by atoms with Gasteiger partial charge in [-0.1, -0.05) is 23.7 Å². The second-order valence-corrected chi connectivity index (χ2v) is 7.29. The molecule has 0 fully saturated rings. The molecule has 0 unspecified atom stereocenters. The highest BCUT2D eigenvalue weighted by Gasteiger charge is 2.28. The van der Waals surface area contributed by atoms with E-state index in [1.54, 1.807) is 44.4 Å². The monoisotopic (exact) mass is 470 g/mol. The van der Waals surface area contributed by atoms with Gasteiger partial charge >= 0.3 is 0 Å². The standard InChI is InChI=1S/C21H19ClF4N4O2/c1-11-14(10-29(2)27-11)15(31)6-4-12-5-7-16(32-3)13(8-12)9-30-19(21(25)26)17(22)18(28-30)20(23)24/h4-8,10,20-21H,9H2,1-3H3/b6-4+. The van der Waals surface area contributed by atoms with E-state index in [0.717, 1.165) is 4.68 Å². The molecule has 1 aromatic carbocycles. The van der Waals surface area contributed by atoms with Gasteiger partial charge in [0.05, 0.1) is 29.9 Å². The first-order valence-electron chi connectivity index (χ1n) is 9.34. The molecular formula is C21H19ClF4N4O2. The fourth-order valence-electron chi connectivity index (χ4n) is 3.23. The van der Waals surface area contributed by atoms with Gasteiger partial charge < -0.3 is 4.74 Å². The van der Waals surface area contributed by atoms with Crippen LogP contribution in [0.5, 0.6) is 5.75 Å². The molecule has 32 heavy (non-hydrogen) atoms. The van der Waals surface area contributed by atoms with Gasteiger partial charge in [0, 0.05) is 18.8 Å². The highest BCUT2D eigenvalue weighted by molar-refractivity contribution is 6.32. The van der Waals surface area contributed by atoms with Crippen LogP contribution in [-0.4, -0.2) is 32.5 Å². The largest absolute Gasteiger partial charge is 0.496 e. The number of methoxy groups -OCH3 is 1. The van der Waals surface area contributed by atoms with E-state index in [2.05, 4.69) is 10.2 Å². The first kappa shape index (κ1) is 23.5. The number of hydrogen-bond donors (Lipinski definition) is 0. The predicted octanol–water partition coefficient (Wildman–Crippen LogP) is 5.41. The number of carbonyl (C=O) groups is 1. The molecule has 6 nitrogen and oxygen atoms in total. The molecular weight excluding hydrogens is 452 g/mol. The predicted molar refractivity (Wildman–Crippen MR) is 111 cm³/mol. The minimum absolute atomic E-state index is 0.256. The molecule has 0 aliphatic carbocycles. The van der Waals surface area contributed by atoms with Crippen molar-refractivity contribution in [1.29, 1.82) is 0 Å². The summed E-state index contributed by atoms with van der Waals surface area (Å²) in [5.74, 6) is 0.0791. The fraction of sp³-hybridized carbons (Fsp3) is 0.286. The third-order valence-corrected chi connectivity index (χ3v) is 5.09.